The van der Waals surface area contributed by atoms with Gasteiger partial charge in [-0.2, -0.15) is 0 Å². The standard InChI is InChI=1S/C12H10N4/c1-16-7-11(9-5-13-8-14-6-9)10-3-2-4-15-12(10)16/h2-8H,1H3. The molecule has 3 heterocycles. The first-order valence-corrected chi connectivity index (χ1v) is 5.01. The van der Waals surface area contributed by atoms with E-state index >= 15 is 0 Å². The second-order valence-electron chi connectivity index (χ2n) is 3.66. The van der Waals surface area contributed by atoms with Crippen molar-refractivity contribution in [2.24, 2.45) is 7.05 Å². The molecule has 16 heavy (non-hydrogen) atoms. The van der Waals surface area contributed by atoms with Crippen molar-refractivity contribution in [1.82, 2.24) is 19.5 Å². The van der Waals surface area contributed by atoms with Crippen LogP contribution in [0.15, 0.2) is 43.2 Å². The highest BCUT2D eigenvalue weighted by molar-refractivity contribution is 5.93. The van der Waals surface area contributed by atoms with Crippen molar-refractivity contribution in [3.05, 3.63) is 43.2 Å². The summed E-state index contributed by atoms with van der Waals surface area (Å²) in [7, 11) is 1.99. The van der Waals surface area contributed by atoms with Gasteiger partial charge < -0.3 is 4.57 Å². The van der Waals surface area contributed by atoms with Crippen LogP contribution >= 0.6 is 0 Å². The Hall–Kier alpha value is -2.23. The molecule has 0 saturated heterocycles. The normalized spacial score (nSPS) is 10.8. The number of rotatable bonds is 1. The number of hydrogen-bond acceptors (Lipinski definition) is 3. The van der Waals surface area contributed by atoms with Gasteiger partial charge in [0.2, 0.25) is 0 Å². The quantitative estimate of drug-likeness (QED) is 0.617. The van der Waals surface area contributed by atoms with Crippen molar-refractivity contribution in [2.75, 3.05) is 0 Å². The lowest BCUT2D eigenvalue weighted by atomic mass is 10.1. The molecule has 0 fully saturated rings. The van der Waals surface area contributed by atoms with Gasteiger partial charge in [-0.05, 0) is 12.1 Å². The maximum Gasteiger partial charge on any atom is 0.140 e. The van der Waals surface area contributed by atoms with Crippen LogP contribution in [0.25, 0.3) is 22.2 Å². The van der Waals surface area contributed by atoms with E-state index in [2.05, 4.69) is 27.2 Å². The lowest BCUT2D eigenvalue weighted by Crippen LogP contribution is -1.85. The van der Waals surface area contributed by atoms with Crippen LogP contribution in [0, 0.1) is 0 Å². The molecule has 0 unspecified atom stereocenters. The molecule has 3 aromatic rings. The smallest absolute Gasteiger partial charge is 0.140 e. The molecule has 0 N–H and O–H groups in total. The average Bonchev–Trinajstić information content (AvgIpc) is 2.69. The van der Waals surface area contributed by atoms with Crippen LogP contribution in [0.3, 0.4) is 0 Å². The Bertz CT molecular complexity index is 628. The fraction of sp³-hybridized carbons (Fsp3) is 0.0833. The molecule has 4 heteroatoms. The monoisotopic (exact) mass is 210 g/mol. The van der Waals surface area contributed by atoms with Crippen molar-refractivity contribution < 1.29 is 0 Å². The van der Waals surface area contributed by atoms with Gasteiger partial charge in [0.1, 0.15) is 12.0 Å². The zero-order valence-electron chi connectivity index (χ0n) is 8.83. The Morgan fingerprint density at radius 3 is 2.81 bits per heavy atom. The first kappa shape index (κ1) is 9.03. The lowest BCUT2D eigenvalue weighted by molar-refractivity contribution is 0.949. The minimum Gasteiger partial charge on any atom is -0.335 e. The second kappa shape index (κ2) is 3.41. The highest BCUT2D eigenvalue weighted by Gasteiger charge is 2.08. The number of hydrogen-bond donors (Lipinski definition) is 0. The van der Waals surface area contributed by atoms with E-state index in [4.69, 9.17) is 0 Å². The average molecular weight is 210 g/mol. The van der Waals surface area contributed by atoms with E-state index in [1.165, 1.54) is 6.33 Å². The Labute approximate surface area is 92.6 Å². The molecule has 0 amide bonds. The zero-order valence-corrected chi connectivity index (χ0v) is 8.83. The minimum atomic E-state index is 0.973. The predicted molar refractivity (Wildman–Crippen MR) is 61.7 cm³/mol. The SMILES string of the molecule is Cn1cc(-c2cncnc2)c2cccnc21. The van der Waals surface area contributed by atoms with Gasteiger partial charge >= 0.3 is 0 Å². The van der Waals surface area contributed by atoms with Gasteiger partial charge in [0, 0.05) is 48.3 Å². The fourth-order valence-electron chi connectivity index (χ4n) is 1.88. The van der Waals surface area contributed by atoms with E-state index in [1.54, 1.807) is 6.20 Å². The van der Waals surface area contributed by atoms with Crippen molar-refractivity contribution in [3.63, 3.8) is 0 Å². The molecule has 3 rings (SSSR count). The van der Waals surface area contributed by atoms with Crippen molar-refractivity contribution in [3.8, 4) is 11.1 Å². The summed E-state index contributed by atoms with van der Waals surface area (Å²) < 4.78 is 2.01. The van der Waals surface area contributed by atoms with Crippen LogP contribution in [0.5, 0.6) is 0 Å². The summed E-state index contributed by atoms with van der Waals surface area (Å²) in [5, 5.41) is 1.12. The predicted octanol–water partition coefficient (Wildman–Crippen LogP) is 2.03. The summed E-state index contributed by atoms with van der Waals surface area (Å²) in [5.74, 6) is 0. The van der Waals surface area contributed by atoms with Crippen molar-refractivity contribution in [1.29, 1.82) is 0 Å². The third-order valence-electron chi connectivity index (χ3n) is 2.61. The molecular weight excluding hydrogens is 200 g/mol. The molecule has 0 aromatic carbocycles. The minimum absolute atomic E-state index is 0.973. The molecule has 0 spiro atoms. The third kappa shape index (κ3) is 1.27. The number of fused-ring (bicyclic) bond motifs is 1. The highest BCUT2D eigenvalue weighted by atomic mass is 15.0. The van der Waals surface area contributed by atoms with Crippen LogP contribution in [-0.2, 0) is 7.05 Å². The molecule has 78 valence electrons. The van der Waals surface area contributed by atoms with Gasteiger partial charge in [0.05, 0.1) is 0 Å². The molecular formula is C12H10N4. The number of aryl methyl sites for hydroxylation is 1. The van der Waals surface area contributed by atoms with Gasteiger partial charge in [-0.1, -0.05) is 0 Å². The summed E-state index contributed by atoms with van der Waals surface area (Å²) in [6.07, 6.45) is 9.01. The molecule has 0 aliphatic rings. The fourth-order valence-corrected chi connectivity index (χ4v) is 1.88. The van der Waals surface area contributed by atoms with E-state index in [9.17, 15) is 0 Å². The maximum atomic E-state index is 4.35. The van der Waals surface area contributed by atoms with Crippen LogP contribution in [0.2, 0.25) is 0 Å². The van der Waals surface area contributed by atoms with E-state index in [-0.39, 0.29) is 0 Å². The third-order valence-corrected chi connectivity index (χ3v) is 2.61. The van der Waals surface area contributed by atoms with E-state index in [0.29, 0.717) is 0 Å². The maximum absolute atomic E-state index is 4.35. The molecule has 0 radical (unpaired) electrons. The second-order valence-corrected chi connectivity index (χ2v) is 3.66. The summed E-state index contributed by atoms with van der Waals surface area (Å²) in [5.41, 5.74) is 3.11. The number of nitrogens with zero attached hydrogens (tertiary/aromatic N) is 4. The van der Waals surface area contributed by atoms with Gasteiger partial charge in [-0.3, -0.25) is 0 Å². The zero-order chi connectivity index (χ0) is 11.0. The van der Waals surface area contributed by atoms with E-state index in [0.717, 1.165) is 22.2 Å². The molecule has 4 nitrogen and oxygen atoms in total. The van der Waals surface area contributed by atoms with Gasteiger partial charge in [0.25, 0.3) is 0 Å². The molecule has 0 atom stereocenters. The van der Waals surface area contributed by atoms with Crippen LogP contribution in [0.4, 0.5) is 0 Å². The Morgan fingerprint density at radius 2 is 2.00 bits per heavy atom. The summed E-state index contributed by atoms with van der Waals surface area (Å²) >= 11 is 0. The highest BCUT2D eigenvalue weighted by Crippen LogP contribution is 2.27. The molecule has 0 bridgehead atoms. The van der Waals surface area contributed by atoms with Crippen LogP contribution in [-0.4, -0.2) is 19.5 Å². The number of aromatic nitrogens is 4. The largest absolute Gasteiger partial charge is 0.335 e. The number of pyridine rings is 1. The van der Waals surface area contributed by atoms with Crippen LogP contribution in [0.1, 0.15) is 0 Å². The van der Waals surface area contributed by atoms with Crippen molar-refractivity contribution in [2.45, 2.75) is 0 Å². The van der Waals surface area contributed by atoms with E-state index in [1.807, 2.05) is 30.1 Å². The summed E-state index contributed by atoms with van der Waals surface area (Å²) in [4.78, 5) is 12.4. The Balaban J connectivity index is 2.33. The lowest BCUT2D eigenvalue weighted by Gasteiger charge is -1.96. The van der Waals surface area contributed by atoms with Crippen molar-refractivity contribution >= 4 is 11.0 Å². The van der Waals surface area contributed by atoms with E-state index < -0.39 is 0 Å². The molecule has 0 aliphatic heterocycles. The first-order chi connectivity index (χ1) is 7.86. The van der Waals surface area contributed by atoms with Gasteiger partial charge in [-0.15, -0.1) is 0 Å². The summed E-state index contributed by atoms with van der Waals surface area (Å²) in [6.45, 7) is 0. The van der Waals surface area contributed by atoms with Gasteiger partial charge in [0.15, 0.2) is 0 Å². The molecule has 0 saturated carbocycles. The molecule has 3 aromatic heterocycles. The van der Waals surface area contributed by atoms with Crippen LogP contribution < -0.4 is 0 Å². The molecule has 0 aliphatic carbocycles. The van der Waals surface area contributed by atoms with Gasteiger partial charge in [-0.25, -0.2) is 15.0 Å². The topological polar surface area (TPSA) is 43.6 Å². The Morgan fingerprint density at radius 1 is 1.19 bits per heavy atom. The first-order valence-electron chi connectivity index (χ1n) is 5.01. The summed E-state index contributed by atoms with van der Waals surface area (Å²) in [6, 6.07) is 4.00. The Kier molecular flexibility index (Phi) is 1.93.